The number of halogens is 4. The molecule has 0 saturated heterocycles. The Hall–Kier alpha value is -2.96. The molecular weight excluding hydrogens is 459 g/mol. The predicted octanol–water partition coefficient (Wildman–Crippen LogP) is 3.25. The molecule has 0 radical (unpaired) electrons. The van der Waals surface area contributed by atoms with Gasteiger partial charge in [-0.05, 0) is 36.4 Å². The molecule has 31 heavy (non-hydrogen) atoms. The van der Waals surface area contributed by atoms with Crippen LogP contribution in [0.1, 0.15) is 12.0 Å². The second-order valence-corrected chi connectivity index (χ2v) is 8.37. The van der Waals surface area contributed by atoms with Gasteiger partial charge in [-0.2, -0.15) is 18.3 Å². The highest BCUT2D eigenvalue weighted by molar-refractivity contribution is 7.89. The maximum Gasteiger partial charge on any atom is 0.417 e. The van der Waals surface area contributed by atoms with Crippen molar-refractivity contribution in [2.24, 2.45) is 0 Å². The molecule has 0 bridgehead atoms. The van der Waals surface area contributed by atoms with E-state index in [0.717, 1.165) is 12.1 Å². The molecule has 0 atom stereocenters. The zero-order valence-electron chi connectivity index (χ0n) is 15.6. The van der Waals surface area contributed by atoms with Gasteiger partial charge in [0.15, 0.2) is 5.82 Å². The maximum atomic E-state index is 12.9. The number of carbonyl (C=O) groups excluding carboxylic acids is 1. The van der Waals surface area contributed by atoms with Gasteiger partial charge in [0, 0.05) is 25.4 Å². The van der Waals surface area contributed by atoms with Gasteiger partial charge in [-0.15, -0.1) is 0 Å². The minimum Gasteiger partial charge on any atom is -0.325 e. The summed E-state index contributed by atoms with van der Waals surface area (Å²) in [5.74, 6) is 0.0281. The summed E-state index contributed by atoms with van der Waals surface area (Å²) in [6, 6.07) is 7.20. The van der Waals surface area contributed by atoms with Crippen molar-refractivity contribution in [1.29, 1.82) is 0 Å². The van der Waals surface area contributed by atoms with Crippen LogP contribution in [-0.2, 0) is 21.0 Å². The second-order valence-electron chi connectivity index (χ2n) is 6.19. The smallest absolute Gasteiger partial charge is 0.325 e. The highest BCUT2D eigenvalue weighted by Crippen LogP contribution is 2.35. The molecule has 164 valence electrons. The van der Waals surface area contributed by atoms with E-state index < -0.39 is 37.6 Å². The number of nitrogens with zero attached hydrogens (tertiary/aromatic N) is 3. The van der Waals surface area contributed by atoms with E-state index >= 15 is 0 Å². The van der Waals surface area contributed by atoms with E-state index in [-0.39, 0.29) is 13.0 Å². The number of rotatable bonds is 7. The topological polar surface area (TPSA) is 106 Å². The molecule has 13 heteroatoms. The van der Waals surface area contributed by atoms with Gasteiger partial charge in [-0.25, -0.2) is 22.8 Å². The molecule has 1 aromatic carbocycles. The van der Waals surface area contributed by atoms with Crippen molar-refractivity contribution in [1.82, 2.24) is 19.5 Å². The van der Waals surface area contributed by atoms with Crippen molar-refractivity contribution in [3.63, 3.8) is 0 Å². The van der Waals surface area contributed by atoms with E-state index in [2.05, 4.69) is 20.1 Å². The minimum atomic E-state index is -4.80. The number of pyridine rings is 1. The number of carbonyl (C=O) groups is 1. The third-order valence-electron chi connectivity index (χ3n) is 3.97. The lowest BCUT2D eigenvalue weighted by Gasteiger charge is -2.12. The number of nitrogens with one attached hydrogen (secondary N) is 2. The summed E-state index contributed by atoms with van der Waals surface area (Å²) in [6.07, 6.45) is -0.355. The van der Waals surface area contributed by atoms with E-state index in [1.54, 1.807) is 30.6 Å². The van der Waals surface area contributed by atoms with E-state index in [0.29, 0.717) is 17.6 Å². The zero-order chi connectivity index (χ0) is 22.6. The van der Waals surface area contributed by atoms with Crippen LogP contribution in [-0.4, -0.2) is 35.6 Å². The molecule has 2 aromatic heterocycles. The van der Waals surface area contributed by atoms with Gasteiger partial charge in [-0.3, -0.25) is 4.79 Å². The van der Waals surface area contributed by atoms with Crippen molar-refractivity contribution < 1.29 is 26.4 Å². The monoisotopic (exact) mass is 473 g/mol. The average Bonchev–Trinajstić information content (AvgIpc) is 3.22. The lowest BCUT2D eigenvalue weighted by atomic mass is 10.2. The van der Waals surface area contributed by atoms with E-state index in [1.165, 1.54) is 10.9 Å². The van der Waals surface area contributed by atoms with Gasteiger partial charge in [0.05, 0.1) is 27.4 Å². The molecule has 0 spiro atoms. The minimum absolute atomic E-state index is 0.250. The number of anilines is 1. The van der Waals surface area contributed by atoms with Crippen LogP contribution < -0.4 is 10.0 Å². The average molecular weight is 474 g/mol. The van der Waals surface area contributed by atoms with E-state index in [1.807, 2.05) is 0 Å². The largest absolute Gasteiger partial charge is 0.417 e. The van der Waals surface area contributed by atoms with Gasteiger partial charge < -0.3 is 5.32 Å². The van der Waals surface area contributed by atoms with Crippen molar-refractivity contribution in [2.75, 3.05) is 11.9 Å². The Morgan fingerprint density at radius 2 is 1.97 bits per heavy atom. The molecular formula is C18H15ClF3N5O3S. The number of sulfonamides is 1. The number of alkyl halides is 3. The zero-order valence-corrected chi connectivity index (χ0v) is 17.2. The Morgan fingerprint density at radius 3 is 2.58 bits per heavy atom. The maximum absolute atomic E-state index is 12.9. The molecule has 0 aliphatic rings. The Bertz CT molecular complexity index is 1170. The summed E-state index contributed by atoms with van der Waals surface area (Å²) in [5, 5.41) is 5.95. The molecule has 0 saturated carbocycles. The van der Waals surface area contributed by atoms with Crippen LogP contribution >= 0.6 is 11.6 Å². The summed E-state index contributed by atoms with van der Waals surface area (Å²) in [4.78, 5) is 15.6. The number of hydrogen-bond donors (Lipinski definition) is 2. The molecule has 0 fully saturated rings. The van der Waals surface area contributed by atoms with Crippen molar-refractivity contribution in [3.05, 3.63) is 65.6 Å². The SMILES string of the molecule is O=C(CCNS(=O)(=O)c1ccc(Cl)c(C(F)(F)F)c1)Nc1ccc(-n2cccn2)nc1. The summed E-state index contributed by atoms with van der Waals surface area (Å²) >= 11 is 5.49. The van der Waals surface area contributed by atoms with Crippen LogP contribution in [0, 0.1) is 0 Å². The molecule has 8 nitrogen and oxygen atoms in total. The quantitative estimate of drug-likeness (QED) is 0.548. The van der Waals surface area contributed by atoms with Crippen LogP contribution in [0.5, 0.6) is 0 Å². The molecule has 1 amide bonds. The molecule has 2 heterocycles. The highest BCUT2D eigenvalue weighted by Gasteiger charge is 2.34. The van der Waals surface area contributed by atoms with Gasteiger partial charge in [0.25, 0.3) is 0 Å². The number of amides is 1. The first-order chi connectivity index (χ1) is 14.6. The normalized spacial score (nSPS) is 12.0. The van der Waals surface area contributed by atoms with Gasteiger partial charge >= 0.3 is 6.18 Å². The lowest BCUT2D eigenvalue weighted by molar-refractivity contribution is -0.137. The first-order valence-corrected chi connectivity index (χ1v) is 10.5. The molecule has 3 aromatic rings. The van der Waals surface area contributed by atoms with Gasteiger partial charge in [-0.1, -0.05) is 11.6 Å². The van der Waals surface area contributed by atoms with Crippen LogP contribution in [0.4, 0.5) is 18.9 Å². The number of benzene rings is 1. The Kier molecular flexibility index (Phi) is 6.62. The van der Waals surface area contributed by atoms with Crippen molar-refractivity contribution >= 4 is 33.2 Å². The van der Waals surface area contributed by atoms with E-state index in [4.69, 9.17) is 11.6 Å². The Balaban J connectivity index is 1.56. The summed E-state index contributed by atoms with van der Waals surface area (Å²) < 4.78 is 66.9. The summed E-state index contributed by atoms with van der Waals surface area (Å²) in [6.45, 7) is -0.322. The Labute approximate surface area is 180 Å². The number of hydrogen-bond acceptors (Lipinski definition) is 5. The first-order valence-electron chi connectivity index (χ1n) is 8.68. The fraction of sp³-hybridized carbons (Fsp3) is 0.167. The van der Waals surface area contributed by atoms with Crippen molar-refractivity contribution in [3.8, 4) is 5.82 Å². The van der Waals surface area contributed by atoms with Crippen molar-refractivity contribution in [2.45, 2.75) is 17.5 Å². The molecule has 0 unspecified atom stereocenters. The van der Waals surface area contributed by atoms with Crippen LogP contribution in [0.25, 0.3) is 5.82 Å². The van der Waals surface area contributed by atoms with Gasteiger partial charge in [0.2, 0.25) is 15.9 Å². The first kappa shape index (κ1) is 22.7. The van der Waals surface area contributed by atoms with Crippen LogP contribution in [0.3, 0.4) is 0 Å². The molecule has 2 N–H and O–H groups in total. The lowest BCUT2D eigenvalue weighted by Crippen LogP contribution is -2.28. The summed E-state index contributed by atoms with van der Waals surface area (Å²) in [7, 11) is -4.27. The van der Waals surface area contributed by atoms with E-state index in [9.17, 15) is 26.4 Å². The third-order valence-corrected chi connectivity index (χ3v) is 5.76. The highest BCUT2D eigenvalue weighted by atomic mass is 35.5. The predicted molar refractivity (Wildman–Crippen MR) is 106 cm³/mol. The molecule has 0 aliphatic heterocycles. The van der Waals surface area contributed by atoms with Gasteiger partial charge in [0.1, 0.15) is 0 Å². The fourth-order valence-corrected chi connectivity index (χ4v) is 3.78. The third kappa shape index (κ3) is 5.81. The van der Waals surface area contributed by atoms with Crippen LogP contribution in [0.15, 0.2) is 59.9 Å². The Morgan fingerprint density at radius 1 is 1.19 bits per heavy atom. The molecule has 0 aliphatic carbocycles. The second kappa shape index (κ2) is 9.04. The fourth-order valence-electron chi connectivity index (χ4n) is 2.49. The summed E-state index contributed by atoms with van der Waals surface area (Å²) in [5.41, 5.74) is -0.878. The molecule has 3 rings (SSSR count). The van der Waals surface area contributed by atoms with Crippen LogP contribution in [0.2, 0.25) is 5.02 Å². The standard InChI is InChI=1S/C18H15ClF3N5O3S/c19-15-4-3-13(10-14(15)18(20,21)22)31(29,30)25-8-6-17(28)26-12-2-5-16(23-11-12)27-9-1-7-24-27/h1-5,7,9-11,25H,6,8H2,(H,26,28). The number of aromatic nitrogens is 3.